The largest absolute Gasteiger partial charge is 0.433 e. The number of carbonyl (C=O) groups excluding carboxylic acids is 1. The van der Waals surface area contributed by atoms with Crippen molar-refractivity contribution in [2.45, 2.75) is 19.5 Å². The van der Waals surface area contributed by atoms with Gasteiger partial charge in [-0.2, -0.15) is 8.78 Å². The highest BCUT2D eigenvalue weighted by Crippen LogP contribution is 2.28. The highest BCUT2D eigenvalue weighted by atomic mass is 32.1. The summed E-state index contributed by atoms with van der Waals surface area (Å²) in [6.45, 7) is -1.49. The average Bonchev–Trinajstić information content (AvgIpc) is 2.84. The van der Waals surface area contributed by atoms with Gasteiger partial charge in [-0.3, -0.25) is 4.79 Å². The lowest BCUT2D eigenvalue weighted by Crippen LogP contribution is -2.27. The van der Waals surface area contributed by atoms with Crippen molar-refractivity contribution in [1.82, 2.24) is 4.90 Å². The summed E-state index contributed by atoms with van der Waals surface area (Å²) in [7, 11) is 0. The summed E-state index contributed by atoms with van der Waals surface area (Å²) in [4.78, 5) is 13.9. The summed E-state index contributed by atoms with van der Waals surface area (Å²) in [6, 6.07) is 1.40. The molecule has 0 N–H and O–H groups in total. The fourth-order valence-electron chi connectivity index (χ4n) is 1.71. The Bertz CT molecular complexity index is 375. The van der Waals surface area contributed by atoms with Crippen LogP contribution in [-0.4, -0.2) is 30.5 Å². The predicted octanol–water partition coefficient (Wildman–Crippen LogP) is 2.59. The summed E-state index contributed by atoms with van der Waals surface area (Å²) in [5, 5.41) is 1.58. The lowest BCUT2D eigenvalue weighted by molar-refractivity contribution is -0.0499. The molecule has 0 unspecified atom stereocenters. The first-order chi connectivity index (χ1) is 7.68. The molecule has 1 saturated heterocycles. The number of hydrogen-bond donors (Lipinski definition) is 0. The van der Waals surface area contributed by atoms with Crippen LogP contribution in [0.3, 0.4) is 0 Å². The minimum atomic E-state index is -2.89. The van der Waals surface area contributed by atoms with Gasteiger partial charge in [0, 0.05) is 13.1 Å². The van der Waals surface area contributed by atoms with E-state index in [1.54, 1.807) is 10.3 Å². The number of halogens is 2. The summed E-state index contributed by atoms with van der Waals surface area (Å²) >= 11 is 1.14. The third kappa shape index (κ3) is 2.32. The Morgan fingerprint density at radius 1 is 1.44 bits per heavy atom. The lowest BCUT2D eigenvalue weighted by atomic mass is 10.4. The van der Waals surface area contributed by atoms with E-state index in [1.165, 1.54) is 6.07 Å². The zero-order valence-corrected chi connectivity index (χ0v) is 9.30. The quantitative estimate of drug-likeness (QED) is 0.821. The van der Waals surface area contributed by atoms with Crippen LogP contribution in [0.2, 0.25) is 0 Å². The molecule has 1 aromatic rings. The second kappa shape index (κ2) is 4.78. The molecule has 1 aliphatic heterocycles. The first-order valence-electron chi connectivity index (χ1n) is 5.00. The van der Waals surface area contributed by atoms with Crippen LogP contribution >= 0.6 is 11.3 Å². The smallest absolute Gasteiger partial charge is 0.387 e. The standard InChI is InChI=1S/C10H11F2NO2S/c11-10(12)15-7-3-6-16-8(7)9(14)13-4-1-2-5-13/h3,6,10H,1-2,4-5H2. The van der Waals surface area contributed by atoms with Gasteiger partial charge in [0.25, 0.3) is 5.91 Å². The summed E-state index contributed by atoms with van der Waals surface area (Å²) in [5.74, 6) is -0.222. The van der Waals surface area contributed by atoms with Gasteiger partial charge in [0.1, 0.15) is 10.6 Å². The molecule has 2 heterocycles. The van der Waals surface area contributed by atoms with Crippen LogP contribution in [-0.2, 0) is 0 Å². The van der Waals surface area contributed by atoms with Gasteiger partial charge in [0.2, 0.25) is 0 Å². The van der Waals surface area contributed by atoms with Crippen molar-refractivity contribution in [1.29, 1.82) is 0 Å². The molecule has 1 aliphatic rings. The number of ether oxygens (including phenoxy) is 1. The monoisotopic (exact) mass is 247 g/mol. The van der Waals surface area contributed by atoms with Gasteiger partial charge in [-0.25, -0.2) is 0 Å². The van der Waals surface area contributed by atoms with Crippen LogP contribution in [0.25, 0.3) is 0 Å². The van der Waals surface area contributed by atoms with Crippen molar-refractivity contribution in [2.75, 3.05) is 13.1 Å². The Hall–Kier alpha value is -1.17. The van der Waals surface area contributed by atoms with Crippen molar-refractivity contribution in [3.8, 4) is 5.75 Å². The number of hydrogen-bond acceptors (Lipinski definition) is 3. The Morgan fingerprint density at radius 3 is 2.75 bits per heavy atom. The van der Waals surface area contributed by atoms with Gasteiger partial charge in [-0.15, -0.1) is 11.3 Å². The zero-order chi connectivity index (χ0) is 11.5. The van der Waals surface area contributed by atoms with E-state index >= 15 is 0 Å². The molecule has 2 rings (SSSR count). The molecule has 1 aromatic heterocycles. The van der Waals surface area contributed by atoms with Gasteiger partial charge >= 0.3 is 6.61 Å². The molecule has 0 radical (unpaired) electrons. The Kier molecular flexibility index (Phi) is 3.38. The molecule has 0 spiro atoms. The fraction of sp³-hybridized carbons (Fsp3) is 0.500. The van der Waals surface area contributed by atoms with Crippen molar-refractivity contribution >= 4 is 17.2 Å². The normalized spacial score (nSPS) is 15.8. The maximum atomic E-state index is 12.1. The maximum absolute atomic E-state index is 12.1. The first-order valence-corrected chi connectivity index (χ1v) is 5.88. The van der Waals surface area contributed by atoms with E-state index in [9.17, 15) is 13.6 Å². The summed E-state index contributed by atoms with van der Waals surface area (Å²) in [5.41, 5.74) is 0. The Labute approximate surface area is 95.6 Å². The fourth-order valence-corrected chi connectivity index (χ4v) is 2.50. The lowest BCUT2D eigenvalue weighted by Gasteiger charge is -2.15. The van der Waals surface area contributed by atoms with Gasteiger partial charge in [0.05, 0.1) is 0 Å². The number of thiophene rings is 1. The molecule has 0 bridgehead atoms. The molecule has 0 atom stereocenters. The van der Waals surface area contributed by atoms with Crippen molar-refractivity contribution < 1.29 is 18.3 Å². The number of likely N-dealkylation sites (tertiary alicyclic amines) is 1. The van der Waals surface area contributed by atoms with Crippen LogP contribution in [0, 0.1) is 0 Å². The molecule has 0 aliphatic carbocycles. The minimum absolute atomic E-state index is 0.0168. The summed E-state index contributed by atoms with van der Waals surface area (Å²) in [6.07, 6.45) is 1.95. The van der Waals surface area contributed by atoms with Gasteiger partial charge < -0.3 is 9.64 Å². The number of rotatable bonds is 3. The van der Waals surface area contributed by atoms with E-state index in [2.05, 4.69) is 4.74 Å². The molecule has 3 nitrogen and oxygen atoms in total. The van der Waals surface area contributed by atoms with Crippen LogP contribution in [0.1, 0.15) is 22.5 Å². The molecule has 6 heteroatoms. The SMILES string of the molecule is O=C(c1sccc1OC(F)F)N1CCCC1. The molecule has 88 valence electrons. The van der Waals surface area contributed by atoms with Crippen molar-refractivity contribution in [3.05, 3.63) is 16.3 Å². The Morgan fingerprint density at radius 2 is 2.12 bits per heavy atom. The summed E-state index contributed by atoms with van der Waals surface area (Å²) < 4.78 is 28.4. The second-order valence-corrected chi connectivity index (χ2v) is 4.41. The number of alkyl halides is 2. The second-order valence-electron chi connectivity index (χ2n) is 3.49. The predicted molar refractivity (Wildman–Crippen MR) is 56.1 cm³/mol. The van der Waals surface area contributed by atoms with Crippen LogP contribution < -0.4 is 4.74 Å². The van der Waals surface area contributed by atoms with E-state index in [0.29, 0.717) is 13.1 Å². The van der Waals surface area contributed by atoms with Gasteiger partial charge in [-0.05, 0) is 24.3 Å². The minimum Gasteiger partial charge on any atom is -0.433 e. The van der Waals surface area contributed by atoms with Gasteiger partial charge in [0.15, 0.2) is 0 Å². The van der Waals surface area contributed by atoms with E-state index in [-0.39, 0.29) is 16.5 Å². The van der Waals surface area contributed by atoms with Crippen LogP contribution in [0.5, 0.6) is 5.75 Å². The Balaban J connectivity index is 2.13. The molecular weight excluding hydrogens is 236 g/mol. The number of amides is 1. The van der Waals surface area contributed by atoms with E-state index in [1.807, 2.05) is 0 Å². The number of carbonyl (C=O) groups is 1. The van der Waals surface area contributed by atoms with Crippen molar-refractivity contribution in [3.63, 3.8) is 0 Å². The molecule has 16 heavy (non-hydrogen) atoms. The zero-order valence-electron chi connectivity index (χ0n) is 8.49. The maximum Gasteiger partial charge on any atom is 0.387 e. The third-order valence-corrected chi connectivity index (χ3v) is 3.32. The van der Waals surface area contributed by atoms with Crippen LogP contribution in [0.4, 0.5) is 8.78 Å². The molecular formula is C10H11F2NO2S. The molecule has 0 saturated carbocycles. The van der Waals surface area contributed by atoms with Crippen LogP contribution in [0.15, 0.2) is 11.4 Å². The molecule has 1 amide bonds. The average molecular weight is 247 g/mol. The first kappa shape index (κ1) is 11.3. The highest BCUT2D eigenvalue weighted by Gasteiger charge is 2.24. The van der Waals surface area contributed by atoms with Gasteiger partial charge in [-0.1, -0.05) is 0 Å². The number of nitrogens with zero attached hydrogens (tertiary/aromatic N) is 1. The topological polar surface area (TPSA) is 29.5 Å². The van der Waals surface area contributed by atoms with E-state index in [0.717, 1.165) is 24.2 Å². The third-order valence-electron chi connectivity index (χ3n) is 2.43. The van der Waals surface area contributed by atoms with Crippen molar-refractivity contribution in [2.24, 2.45) is 0 Å². The molecule has 0 aromatic carbocycles. The van der Waals surface area contributed by atoms with E-state index < -0.39 is 6.61 Å². The molecule has 1 fully saturated rings. The van der Waals surface area contributed by atoms with E-state index in [4.69, 9.17) is 0 Å². The highest BCUT2D eigenvalue weighted by molar-refractivity contribution is 7.12.